The fourth-order valence-corrected chi connectivity index (χ4v) is 4.63. The second kappa shape index (κ2) is 8.82. The van der Waals surface area contributed by atoms with Crippen molar-refractivity contribution in [1.29, 1.82) is 0 Å². The number of halogens is 1. The van der Waals surface area contributed by atoms with E-state index >= 15 is 0 Å². The highest BCUT2D eigenvalue weighted by Crippen LogP contribution is 2.26. The van der Waals surface area contributed by atoms with Gasteiger partial charge in [-0.1, -0.05) is 29.8 Å². The van der Waals surface area contributed by atoms with E-state index in [0.717, 1.165) is 28.2 Å². The fourth-order valence-electron chi connectivity index (χ4n) is 4.63. The number of aryl methyl sites for hydroxylation is 3. The number of carbonyl (C=O) groups excluding carboxylic acids is 1. The molecule has 174 valence electrons. The Bertz CT molecular complexity index is 1350. The molecule has 1 aliphatic rings. The average molecular weight is 458 g/mol. The van der Waals surface area contributed by atoms with Gasteiger partial charge >= 0.3 is 0 Å². The van der Waals surface area contributed by atoms with Gasteiger partial charge in [0.15, 0.2) is 0 Å². The van der Waals surface area contributed by atoms with Crippen LogP contribution in [-0.4, -0.2) is 51.3 Å². The number of carbonyl (C=O) groups is 1. The van der Waals surface area contributed by atoms with E-state index in [4.69, 9.17) is 5.10 Å². The van der Waals surface area contributed by atoms with Crippen molar-refractivity contribution in [3.8, 4) is 17.1 Å². The number of piperazine rings is 1. The van der Waals surface area contributed by atoms with Crippen molar-refractivity contribution in [1.82, 2.24) is 19.2 Å². The number of aromatic nitrogens is 3. The molecule has 1 amide bonds. The lowest BCUT2D eigenvalue weighted by Crippen LogP contribution is -2.49. The molecule has 3 heterocycles. The van der Waals surface area contributed by atoms with Gasteiger partial charge in [-0.3, -0.25) is 4.79 Å². The zero-order valence-corrected chi connectivity index (χ0v) is 19.7. The third-order valence-electron chi connectivity index (χ3n) is 6.48. The number of nitrogens with zero attached hydrogens (tertiary/aromatic N) is 5. The summed E-state index contributed by atoms with van der Waals surface area (Å²) < 4.78 is 18.0. The predicted molar refractivity (Wildman–Crippen MR) is 132 cm³/mol. The minimum Gasteiger partial charge on any atom is -0.366 e. The number of anilines is 1. The quantitative estimate of drug-likeness (QED) is 0.450. The Kier molecular flexibility index (Phi) is 5.69. The van der Waals surface area contributed by atoms with E-state index in [0.29, 0.717) is 37.6 Å². The molecule has 34 heavy (non-hydrogen) atoms. The van der Waals surface area contributed by atoms with Gasteiger partial charge in [-0.25, -0.2) is 9.07 Å². The molecule has 0 bridgehead atoms. The molecule has 0 atom stereocenters. The van der Waals surface area contributed by atoms with E-state index in [2.05, 4.69) is 13.0 Å². The minimum atomic E-state index is -0.234. The van der Waals surface area contributed by atoms with E-state index in [1.807, 2.05) is 70.9 Å². The largest absolute Gasteiger partial charge is 0.366 e. The van der Waals surface area contributed by atoms with Crippen molar-refractivity contribution >= 4 is 11.6 Å². The first-order chi connectivity index (χ1) is 16.4. The Morgan fingerprint density at radius 1 is 0.912 bits per heavy atom. The van der Waals surface area contributed by atoms with Crippen molar-refractivity contribution < 1.29 is 9.18 Å². The van der Waals surface area contributed by atoms with Gasteiger partial charge in [-0.2, -0.15) is 5.10 Å². The predicted octanol–water partition coefficient (Wildman–Crippen LogP) is 4.60. The Morgan fingerprint density at radius 3 is 2.35 bits per heavy atom. The first kappa shape index (κ1) is 21.9. The summed E-state index contributed by atoms with van der Waals surface area (Å²) in [6.07, 6.45) is 1.97. The maximum absolute atomic E-state index is 14.2. The summed E-state index contributed by atoms with van der Waals surface area (Å²) in [5, 5.41) is 4.85. The van der Waals surface area contributed by atoms with E-state index in [9.17, 15) is 9.18 Å². The zero-order valence-electron chi connectivity index (χ0n) is 19.7. The molecule has 0 N–H and O–H groups in total. The molecule has 0 saturated carbocycles. The third kappa shape index (κ3) is 3.98. The van der Waals surface area contributed by atoms with Gasteiger partial charge in [-0.15, -0.1) is 0 Å². The molecule has 4 aromatic rings. The van der Waals surface area contributed by atoms with Crippen molar-refractivity contribution in [2.45, 2.75) is 13.8 Å². The molecule has 2 aromatic heterocycles. The summed E-state index contributed by atoms with van der Waals surface area (Å²) in [6.45, 7) is 6.28. The first-order valence-electron chi connectivity index (χ1n) is 11.5. The lowest BCUT2D eigenvalue weighted by atomic mass is 10.1. The number of rotatable bonds is 4. The maximum Gasteiger partial charge on any atom is 0.272 e. The Hall–Kier alpha value is -3.87. The van der Waals surface area contributed by atoms with Gasteiger partial charge in [0, 0.05) is 39.4 Å². The highest BCUT2D eigenvalue weighted by atomic mass is 19.1. The highest BCUT2D eigenvalue weighted by molar-refractivity contribution is 5.94. The topological polar surface area (TPSA) is 46.3 Å². The first-order valence-corrected chi connectivity index (χ1v) is 11.5. The van der Waals surface area contributed by atoms with Crippen LogP contribution in [0.15, 0.2) is 66.9 Å². The number of hydrogen-bond donors (Lipinski definition) is 0. The summed E-state index contributed by atoms with van der Waals surface area (Å²) in [6, 6.07) is 18.8. The van der Waals surface area contributed by atoms with Crippen LogP contribution in [-0.2, 0) is 7.05 Å². The van der Waals surface area contributed by atoms with Crippen molar-refractivity contribution in [2.75, 3.05) is 31.1 Å². The van der Waals surface area contributed by atoms with Gasteiger partial charge in [0.1, 0.15) is 17.2 Å². The molecule has 6 nitrogen and oxygen atoms in total. The molecule has 1 fully saturated rings. The fraction of sp³-hybridized carbons (Fsp3) is 0.259. The Labute approximate surface area is 198 Å². The van der Waals surface area contributed by atoms with Crippen LogP contribution >= 0.6 is 0 Å². The lowest BCUT2D eigenvalue weighted by Gasteiger charge is -2.36. The molecule has 0 unspecified atom stereocenters. The van der Waals surface area contributed by atoms with Crippen LogP contribution in [0.1, 0.15) is 21.6 Å². The Morgan fingerprint density at radius 2 is 1.68 bits per heavy atom. The van der Waals surface area contributed by atoms with Crippen molar-refractivity contribution in [2.24, 2.45) is 7.05 Å². The molecule has 0 radical (unpaired) electrons. The summed E-state index contributed by atoms with van der Waals surface area (Å²) in [7, 11) is 1.97. The van der Waals surface area contributed by atoms with Crippen LogP contribution in [0.5, 0.6) is 0 Å². The van der Waals surface area contributed by atoms with E-state index in [1.165, 1.54) is 6.07 Å². The average Bonchev–Trinajstić information content (AvgIpc) is 3.45. The molecule has 0 aliphatic carbocycles. The maximum atomic E-state index is 14.2. The molecular formula is C27H28FN5O. The van der Waals surface area contributed by atoms with Gasteiger partial charge in [0.05, 0.1) is 17.1 Å². The SMILES string of the molecule is Cc1ccc(-n2nc(-c3cccn3C)cc2C(=O)N2CCN(c3ccccc3F)CC2)c(C)c1. The highest BCUT2D eigenvalue weighted by Gasteiger charge is 2.27. The molecular weight excluding hydrogens is 429 g/mol. The smallest absolute Gasteiger partial charge is 0.272 e. The molecule has 7 heteroatoms. The summed E-state index contributed by atoms with van der Waals surface area (Å²) in [5.41, 5.74) is 5.92. The minimum absolute atomic E-state index is 0.0684. The third-order valence-corrected chi connectivity index (χ3v) is 6.48. The second-order valence-electron chi connectivity index (χ2n) is 8.85. The van der Waals surface area contributed by atoms with Crippen LogP contribution in [0.25, 0.3) is 17.1 Å². The molecule has 1 aliphatic heterocycles. The van der Waals surface area contributed by atoms with Crippen LogP contribution in [0, 0.1) is 19.7 Å². The molecule has 1 saturated heterocycles. The van der Waals surface area contributed by atoms with E-state index in [1.54, 1.807) is 16.8 Å². The summed E-state index contributed by atoms with van der Waals surface area (Å²) in [4.78, 5) is 17.5. The van der Waals surface area contributed by atoms with Crippen molar-refractivity contribution in [3.05, 3.63) is 89.5 Å². The van der Waals surface area contributed by atoms with Crippen LogP contribution in [0.4, 0.5) is 10.1 Å². The van der Waals surface area contributed by atoms with Crippen LogP contribution in [0.2, 0.25) is 0 Å². The van der Waals surface area contributed by atoms with Crippen LogP contribution < -0.4 is 4.90 Å². The number of hydrogen-bond acceptors (Lipinski definition) is 3. The van der Waals surface area contributed by atoms with Gasteiger partial charge in [0.2, 0.25) is 0 Å². The standard InChI is InChI=1S/C27H28FN5O/c1-19-10-11-23(20(2)17-19)33-26(18-22(29-33)25-9-6-12-30(25)3)27(34)32-15-13-31(14-16-32)24-8-5-4-7-21(24)28/h4-12,17-18H,13-16H2,1-3H3. The van der Waals surface area contributed by atoms with Gasteiger partial charge in [0.25, 0.3) is 5.91 Å². The lowest BCUT2D eigenvalue weighted by molar-refractivity contribution is 0.0737. The number of para-hydroxylation sites is 1. The molecule has 0 spiro atoms. The van der Waals surface area contributed by atoms with E-state index < -0.39 is 0 Å². The van der Waals surface area contributed by atoms with E-state index in [-0.39, 0.29) is 11.7 Å². The Balaban J connectivity index is 1.46. The number of amides is 1. The summed E-state index contributed by atoms with van der Waals surface area (Å²) in [5.74, 6) is -0.302. The van der Waals surface area contributed by atoms with Gasteiger partial charge in [-0.05, 0) is 55.8 Å². The van der Waals surface area contributed by atoms with Gasteiger partial charge < -0.3 is 14.4 Å². The monoisotopic (exact) mass is 457 g/mol. The zero-order chi connectivity index (χ0) is 23.8. The summed E-state index contributed by atoms with van der Waals surface area (Å²) >= 11 is 0. The number of benzene rings is 2. The normalized spacial score (nSPS) is 14.0. The van der Waals surface area contributed by atoms with Crippen molar-refractivity contribution in [3.63, 3.8) is 0 Å². The molecule has 5 rings (SSSR count). The molecule has 2 aromatic carbocycles. The van der Waals surface area contributed by atoms with Crippen LogP contribution in [0.3, 0.4) is 0 Å². The second-order valence-corrected chi connectivity index (χ2v) is 8.85.